The minimum atomic E-state index is -0.571. The number of hydrogen-bond donors (Lipinski definition) is 2. The first-order valence-electron chi connectivity index (χ1n) is 6.52. The summed E-state index contributed by atoms with van der Waals surface area (Å²) >= 11 is 6.13. The van der Waals surface area contributed by atoms with Crippen LogP contribution in [-0.4, -0.2) is 54.9 Å². The van der Waals surface area contributed by atoms with Crippen LogP contribution in [0.1, 0.15) is 5.56 Å². The highest BCUT2D eigenvalue weighted by atomic mass is 35.5. The zero-order valence-electron chi connectivity index (χ0n) is 11.4. The number of rotatable bonds is 5. The Labute approximate surface area is 123 Å². The van der Waals surface area contributed by atoms with Crippen LogP contribution in [-0.2, 0) is 16.1 Å². The van der Waals surface area contributed by atoms with E-state index in [0.717, 1.165) is 5.56 Å². The van der Waals surface area contributed by atoms with Crippen LogP contribution in [0.3, 0.4) is 0 Å². The molecule has 1 saturated heterocycles. The number of carbonyl (C=O) groups is 1. The van der Waals surface area contributed by atoms with E-state index in [0.29, 0.717) is 24.7 Å². The molecule has 1 amide bonds. The lowest BCUT2D eigenvalue weighted by Gasteiger charge is -2.17. The number of β-amino-alcohol motifs (C(OH)–C–C–N with tert-alkyl or cyclic N) is 1. The van der Waals surface area contributed by atoms with E-state index in [4.69, 9.17) is 16.3 Å². The van der Waals surface area contributed by atoms with Gasteiger partial charge in [-0.25, -0.2) is 0 Å². The normalized spacial score (nSPS) is 22.9. The Kier molecular flexibility index (Phi) is 5.37. The second-order valence-electron chi connectivity index (χ2n) is 4.96. The van der Waals surface area contributed by atoms with Crippen molar-refractivity contribution in [2.45, 2.75) is 18.7 Å². The van der Waals surface area contributed by atoms with E-state index in [2.05, 4.69) is 10.2 Å². The first-order chi connectivity index (χ1) is 9.60. The number of aliphatic hydroxyl groups is 1. The van der Waals surface area contributed by atoms with Crippen LogP contribution in [0.5, 0.6) is 0 Å². The van der Waals surface area contributed by atoms with Gasteiger partial charge in [-0.05, 0) is 11.6 Å². The fourth-order valence-electron chi connectivity index (χ4n) is 2.38. The minimum absolute atomic E-state index is 0.00767. The molecule has 2 atom stereocenters. The number of halogens is 1. The van der Waals surface area contributed by atoms with Gasteiger partial charge in [-0.2, -0.15) is 0 Å². The molecule has 1 fully saturated rings. The van der Waals surface area contributed by atoms with Crippen molar-refractivity contribution in [1.82, 2.24) is 10.2 Å². The van der Waals surface area contributed by atoms with Gasteiger partial charge < -0.3 is 15.2 Å². The Bertz CT molecular complexity index is 469. The smallest absolute Gasteiger partial charge is 0.246 e. The van der Waals surface area contributed by atoms with Gasteiger partial charge in [-0.1, -0.05) is 29.8 Å². The number of nitrogens with zero attached hydrogens (tertiary/aromatic N) is 1. The van der Waals surface area contributed by atoms with Crippen molar-refractivity contribution in [1.29, 1.82) is 0 Å². The molecule has 0 aromatic heterocycles. The van der Waals surface area contributed by atoms with Gasteiger partial charge in [-0.3, -0.25) is 9.69 Å². The Morgan fingerprint density at radius 3 is 2.95 bits per heavy atom. The van der Waals surface area contributed by atoms with E-state index in [1.54, 1.807) is 0 Å². The Balaban J connectivity index is 1.90. The van der Waals surface area contributed by atoms with E-state index < -0.39 is 6.10 Å². The average molecular weight is 299 g/mol. The second kappa shape index (κ2) is 7.04. The topological polar surface area (TPSA) is 61.8 Å². The molecule has 1 aromatic rings. The number of ether oxygens (including phenoxy) is 1. The third-order valence-corrected chi connectivity index (χ3v) is 3.71. The first kappa shape index (κ1) is 15.3. The van der Waals surface area contributed by atoms with Crippen molar-refractivity contribution >= 4 is 17.5 Å². The highest BCUT2D eigenvalue weighted by molar-refractivity contribution is 6.31. The maximum atomic E-state index is 11.5. The van der Waals surface area contributed by atoms with Crippen LogP contribution in [0.25, 0.3) is 0 Å². The van der Waals surface area contributed by atoms with Crippen LogP contribution in [0.15, 0.2) is 24.3 Å². The van der Waals surface area contributed by atoms with Crippen LogP contribution < -0.4 is 5.32 Å². The lowest BCUT2D eigenvalue weighted by molar-refractivity contribution is -0.125. The van der Waals surface area contributed by atoms with Gasteiger partial charge >= 0.3 is 0 Å². The van der Waals surface area contributed by atoms with Crippen molar-refractivity contribution in [3.63, 3.8) is 0 Å². The van der Waals surface area contributed by atoms with Gasteiger partial charge in [0.2, 0.25) is 5.91 Å². The van der Waals surface area contributed by atoms with E-state index in [1.165, 1.54) is 7.11 Å². The molecule has 6 heteroatoms. The summed E-state index contributed by atoms with van der Waals surface area (Å²) in [6.45, 7) is 1.78. The predicted octanol–water partition coefficient (Wildman–Crippen LogP) is 0.648. The number of benzene rings is 1. The van der Waals surface area contributed by atoms with Crippen molar-refractivity contribution in [3.8, 4) is 0 Å². The van der Waals surface area contributed by atoms with Crippen LogP contribution >= 0.6 is 11.6 Å². The maximum absolute atomic E-state index is 11.5. The fourth-order valence-corrected chi connectivity index (χ4v) is 2.58. The molecule has 110 valence electrons. The summed E-state index contributed by atoms with van der Waals surface area (Å²) in [6, 6.07) is 7.37. The van der Waals surface area contributed by atoms with Gasteiger partial charge in [0.05, 0.1) is 12.1 Å². The van der Waals surface area contributed by atoms with Gasteiger partial charge in [0, 0.05) is 31.8 Å². The van der Waals surface area contributed by atoms with Crippen molar-refractivity contribution < 1.29 is 14.6 Å². The summed E-state index contributed by atoms with van der Waals surface area (Å²) in [5.41, 5.74) is 1.02. The number of carbonyl (C=O) groups excluding carboxylic acids is 1. The number of aliphatic hydroxyl groups excluding tert-OH is 1. The first-order valence-corrected chi connectivity index (χ1v) is 6.90. The molecule has 20 heavy (non-hydrogen) atoms. The number of nitrogens with one attached hydrogen (secondary N) is 1. The summed E-state index contributed by atoms with van der Waals surface area (Å²) < 4.78 is 4.76. The van der Waals surface area contributed by atoms with Gasteiger partial charge in [-0.15, -0.1) is 0 Å². The highest BCUT2D eigenvalue weighted by Crippen LogP contribution is 2.20. The zero-order valence-corrected chi connectivity index (χ0v) is 12.1. The largest absolute Gasteiger partial charge is 0.390 e. The molecular formula is C14H19ClN2O3. The Morgan fingerprint density at radius 2 is 2.25 bits per heavy atom. The van der Waals surface area contributed by atoms with Crippen molar-refractivity contribution in [2.24, 2.45) is 0 Å². The Morgan fingerprint density at radius 1 is 1.50 bits per heavy atom. The van der Waals surface area contributed by atoms with Gasteiger partial charge in [0.1, 0.15) is 6.61 Å². The molecule has 0 bridgehead atoms. The molecular weight excluding hydrogens is 280 g/mol. The van der Waals surface area contributed by atoms with Crippen molar-refractivity contribution in [2.75, 3.05) is 26.8 Å². The molecule has 0 unspecified atom stereocenters. The molecule has 0 saturated carbocycles. The molecule has 0 spiro atoms. The van der Waals surface area contributed by atoms with Crippen LogP contribution in [0.4, 0.5) is 0 Å². The monoisotopic (exact) mass is 298 g/mol. The number of likely N-dealkylation sites (tertiary alicyclic amines) is 1. The van der Waals surface area contributed by atoms with Crippen LogP contribution in [0, 0.1) is 0 Å². The van der Waals surface area contributed by atoms with Crippen molar-refractivity contribution in [3.05, 3.63) is 34.9 Å². The summed E-state index contributed by atoms with van der Waals surface area (Å²) in [5, 5.41) is 13.5. The highest BCUT2D eigenvalue weighted by Gasteiger charge is 2.32. The lowest BCUT2D eigenvalue weighted by Crippen LogP contribution is -2.44. The summed E-state index contributed by atoms with van der Waals surface area (Å²) in [5.74, 6) is -0.212. The third-order valence-electron chi connectivity index (χ3n) is 3.34. The molecule has 1 aliphatic heterocycles. The average Bonchev–Trinajstić information content (AvgIpc) is 2.73. The number of amides is 1. The molecule has 0 aliphatic carbocycles. The SMILES string of the molecule is COCC(=O)N[C@@H]1CN(Cc2ccccc2Cl)C[C@H]1O. The van der Waals surface area contributed by atoms with E-state index >= 15 is 0 Å². The minimum Gasteiger partial charge on any atom is -0.390 e. The Hall–Kier alpha value is -1.14. The lowest BCUT2D eigenvalue weighted by atomic mass is 10.2. The standard InChI is InChI=1S/C14H19ClN2O3/c1-20-9-14(19)16-12-7-17(8-13(12)18)6-10-4-2-3-5-11(10)15/h2-5,12-13,18H,6-9H2,1H3,(H,16,19)/t12-,13-/m1/s1. The molecule has 2 N–H and O–H groups in total. The summed E-state index contributed by atoms with van der Waals surface area (Å²) in [4.78, 5) is 13.5. The second-order valence-corrected chi connectivity index (χ2v) is 5.37. The van der Waals surface area contributed by atoms with E-state index in [9.17, 15) is 9.90 Å². The quantitative estimate of drug-likeness (QED) is 0.838. The van der Waals surface area contributed by atoms with E-state index in [-0.39, 0.29) is 18.6 Å². The fraction of sp³-hybridized carbons (Fsp3) is 0.500. The van der Waals surface area contributed by atoms with Gasteiger partial charge in [0.25, 0.3) is 0 Å². The molecule has 1 aromatic carbocycles. The number of hydrogen-bond acceptors (Lipinski definition) is 4. The summed E-state index contributed by atoms with van der Waals surface area (Å²) in [7, 11) is 1.47. The molecule has 1 aliphatic rings. The zero-order chi connectivity index (χ0) is 14.5. The van der Waals surface area contributed by atoms with Gasteiger partial charge in [0.15, 0.2) is 0 Å². The van der Waals surface area contributed by atoms with E-state index in [1.807, 2.05) is 24.3 Å². The molecule has 2 rings (SSSR count). The predicted molar refractivity (Wildman–Crippen MR) is 76.5 cm³/mol. The maximum Gasteiger partial charge on any atom is 0.246 e. The van der Waals surface area contributed by atoms with Crippen LogP contribution in [0.2, 0.25) is 5.02 Å². The summed E-state index contributed by atoms with van der Waals surface area (Å²) in [6.07, 6.45) is -0.571. The molecule has 5 nitrogen and oxygen atoms in total. The number of methoxy groups -OCH3 is 1. The third kappa shape index (κ3) is 3.93. The molecule has 1 heterocycles. The molecule has 0 radical (unpaired) electrons.